The van der Waals surface area contributed by atoms with E-state index in [-0.39, 0.29) is 36.2 Å². The van der Waals surface area contributed by atoms with Crippen LogP contribution in [0.2, 0.25) is 0 Å². The highest BCUT2D eigenvalue weighted by Crippen LogP contribution is 2.35. The Kier molecular flexibility index (Phi) is 8.26. The summed E-state index contributed by atoms with van der Waals surface area (Å²) in [6, 6.07) is 4.22. The van der Waals surface area contributed by atoms with Crippen LogP contribution < -0.4 is 5.32 Å². The van der Waals surface area contributed by atoms with E-state index in [1.165, 1.54) is 36.4 Å². The number of carboxylic acids is 1. The molecular formula is C23H30N4O6. The molecule has 0 radical (unpaired) electrons. The number of carboxylic acid groups (broad SMARTS) is 1. The summed E-state index contributed by atoms with van der Waals surface area (Å²) in [5.41, 5.74) is 0.364. The number of non-ortho nitro benzene ring substituents is 1. The van der Waals surface area contributed by atoms with Crippen LogP contribution in [-0.4, -0.2) is 58.1 Å². The highest BCUT2D eigenvalue weighted by Gasteiger charge is 2.42. The molecule has 10 heteroatoms. The van der Waals surface area contributed by atoms with Crippen LogP contribution >= 0.6 is 0 Å². The van der Waals surface area contributed by atoms with Gasteiger partial charge in [-0.25, -0.2) is 9.79 Å². The zero-order chi connectivity index (χ0) is 24.0. The largest absolute Gasteiger partial charge is 0.481 e. The molecule has 1 aromatic carbocycles. The molecule has 178 valence electrons. The van der Waals surface area contributed by atoms with E-state index >= 15 is 0 Å². The monoisotopic (exact) mass is 458 g/mol. The molecule has 0 saturated heterocycles. The molecule has 2 aliphatic rings. The maximum atomic E-state index is 12.7. The quantitative estimate of drug-likeness (QED) is 0.311. The van der Waals surface area contributed by atoms with Gasteiger partial charge in [0.05, 0.1) is 17.5 Å². The highest BCUT2D eigenvalue weighted by atomic mass is 16.6. The van der Waals surface area contributed by atoms with Gasteiger partial charge in [0.25, 0.3) is 5.69 Å². The number of nitrogens with zero attached hydrogens (tertiary/aromatic N) is 3. The number of hydrogen-bond donors (Lipinski definition) is 2. The first-order valence-electron chi connectivity index (χ1n) is 11.4. The van der Waals surface area contributed by atoms with Crippen LogP contribution in [0.1, 0.15) is 57.1 Å². The summed E-state index contributed by atoms with van der Waals surface area (Å²) in [7, 11) is 0. The molecule has 3 rings (SSSR count). The number of urea groups is 1. The van der Waals surface area contributed by atoms with Gasteiger partial charge in [0.2, 0.25) is 0 Å². The first-order chi connectivity index (χ1) is 15.8. The molecule has 0 spiro atoms. The van der Waals surface area contributed by atoms with Crippen LogP contribution in [0, 0.1) is 22.0 Å². The van der Waals surface area contributed by atoms with Crippen molar-refractivity contribution in [3.63, 3.8) is 0 Å². The van der Waals surface area contributed by atoms with Crippen LogP contribution in [0.3, 0.4) is 0 Å². The number of rotatable bonds is 10. The molecule has 1 saturated carbocycles. The van der Waals surface area contributed by atoms with E-state index in [2.05, 4.69) is 10.3 Å². The molecule has 1 aliphatic heterocycles. The van der Waals surface area contributed by atoms with E-state index < -0.39 is 28.9 Å². The van der Waals surface area contributed by atoms with Crippen LogP contribution in [0.5, 0.6) is 0 Å². The molecule has 33 heavy (non-hydrogen) atoms. The predicted molar refractivity (Wildman–Crippen MR) is 121 cm³/mol. The van der Waals surface area contributed by atoms with Crippen molar-refractivity contribution in [1.29, 1.82) is 0 Å². The summed E-state index contributed by atoms with van der Waals surface area (Å²) >= 11 is 0. The van der Waals surface area contributed by atoms with E-state index in [9.17, 15) is 29.6 Å². The molecule has 2 amide bonds. The van der Waals surface area contributed by atoms with Crippen LogP contribution in [-0.2, 0) is 9.59 Å². The number of nitro benzene ring substituents is 1. The number of amides is 2. The Bertz CT molecular complexity index is 941. The predicted octanol–water partition coefficient (Wildman–Crippen LogP) is 3.36. The molecular weight excluding hydrogens is 428 g/mol. The smallest absolute Gasteiger partial charge is 0.344 e. The first kappa shape index (κ1) is 24.5. The number of aliphatic imine (C=N–C) groups is 1. The first-order valence-corrected chi connectivity index (χ1v) is 11.4. The van der Waals surface area contributed by atoms with Crippen LogP contribution in [0.15, 0.2) is 29.3 Å². The topological polar surface area (TPSA) is 142 Å². The van der Waals surface area contributed by atoms with E-state index in [4.69, 9.17) is 0 Å². The van der Waals surface area contributed by atoms with Crippen molar-refractivity contribution >= 4 is 29.2 Å². The Hall–Kier alpha value is -3.14. The van der Waals surface area contributed by atoms with Crippen molar-refractivity contribution in [2.45, 2.75) is 51.5 Å². The van der Waals surface area contributed by atoms with Crippen molar-refractivity contribution in [1.82, 2.24) is 10.2 Å². The molecule has 2 N–H and O–H groups in total. The maximum Gasteiger partial charge on any atom is 0.344 e. The molecule has 1 aliphatic carbocycles. The Labute approximate surface area is 192 Å². The fraction of sp³-hybridized carbons (Fsp3) is 0.565. The number of nitrogens with one attached hydrogen (secondary N) is 1. The fourth-order valence-corrected chi connectivity index (χ4v) is 4.71. The van der Waals surface area contributed by atoms with E-state index in [1.54, 1.807) is 6.07 Å². The van der Waals surface area contributed by atoms with Crippen molar-refractivity contribution in [2.24, 2.45) is 16.8 Å². The number of Topliss-reactive ketones (excluding diaryl/α,β-unsaturated/α-hetero) is 1. The van der Waals surface area contributed by atoms with Gasteiger partial charge < -0.3 is 15.3 Å². The minimum atomic E-state index is -1.15. The number of carbonyl (C=O) groups is 3. The second-order valence-electron chi connectivity index (χ2n) is 8.67. The van der Waals surface area contributed by atoms with Crippen molar-refractivity contribution < 1.29 is 24.4 Å². The molecule has 10 nitrogen and oxygen atoms in total. The molecule has 0 aromatic heterocycles. The number of carbonyl (C=O) groups excluding carboxylic acids is 2. The minimum absolute atomic E-state index is 0.127. The number of aliphatic carboxylic acids is 1. The van der Waals surface area contributed by atoms with Gasteiger partial charge in [-0.3, -0.25) is 19.7 Å². The van der Waals surface area contributed by atoms with Gasteiger partial charge in [0.1, 0.15) is 11.7 Å². The summed E-state index contributed by atoms with van der Waals surface area (Å²) < 4.78 is 0. The van der Waals surface area contributed by atoms with Gasteiger partial charge in [-0.2, -0.15) is 0 Å². The molecule has 1 fully saturated rings. The SMILES string of the molecule is CC1=NC(=O)N(CCCNCC(=O)C2CCCCC2)C(c2cccc([N+](=O)[O-])c2)C1C(=O)O. The summed E-state index contributed by atoms with van der Waals surface area (Å²) in [4.78, 5) is 53.0. The molecule has 1 heterocycles. The van der Waals surface area contributed by atoms with Crippen molar-refractivity contribution in [3.05, 3.63) is 39.9 Å². The van der Waals surface area contributed by atoms with Gasteiger partial charge in [0, 0.05) is 30.3 Å². The average Bonchev–Trinajstić information content (AvgIpc) is 2.79. The summed E-state index contributed by atoms with van der Waals surface area (Å²) in [6.45, 7) is 2.44. The van der Waals surface area contributed by atoms with Crippen molar-refractivity contribution in [2.75, 3.05) is 19.6 Å². The minimum Gasteiger partial charge on any atom is -0.481 e. The third-order valence-corrected chi connectivity index (χ3v) is 6.42. The molecule has 2 unspecified atom stereocenters. The highest BCUT2D eigenvalue weighted by molar-refractivity contribution is 6.07. The second kappa shape index (κ2) is 11.1. The van der Waals surface area contributed by atoms with Gasteiger partial charge in [-0.05, 0) is 38.3 Å². The summed E-state index contributed by atoms with van der Waals surface area (Å²) in [5, 5.41) is 24.2. The Morgan fingerprint density at radius 3 is 2.67 bits per heavy atom. The fourth-order valence-electron chi connectivity index (χ4n) is 4.71. The van der Waals surface area contributed by atoms with Crippen LogP contribution in [0.4, 0.5) is 10.5 Å². The third kappa shape index (κ3) is 6.01. The zero-order valence-electron chi connectivity index (χ0n) is 18.7. The second-order valence-corrected chi connectivity index (χ2v) is 8.67. The lowest BCUT2D eigenvalue weighted by Crippen LogP contribution is -2.47. The van der Waals surface area contributed by atoms with Gasteiger partial charge >= 0.3 is 12.0 Å². The van der Waals surface area contributed by atoms with Crippen LogP contribution in [0.25, 0.3) is 0 Å². The normalized spacial score (nSPS) is 21.5. The average molecular weight is 459 g/mol. The van der Waals surface area contributed by atoms with Gasteiger partial charge in [-0.1, -0.05) is 31.4 Å². The Morgan fingerprint density at radius 1 is 1.27 bits per heavy atom. The number of nitro groups is 1. The standard InChI is InChI=1S/C23H30N4O6/c1-15-20(22(29)30)21(17-9-5-10-18(13-17)27(32)33)26(23(31)25-15)12-6-11-24-14-19(28)16-7-3-2-4-8-16/h5,9-10,13,16,20-21,24H,2-4,6-8,11-12,14H2,1H3,(H,29,30). The van der Waals surface area contributed by atoms with Gasteiger partial charge in [-0.15, -0.1) is 0 Å². The Balaban J connectivity index is 1.68. The number of benzene rings is 1. The molecule has 1 aromatic rings. The maximum absolute atomic E-state index is 12.7. The van der Waals surface area contributed by atoms with E-state index in [0.29, 0.717) is 18.5 Å². The zero-order valence-corrected chi connectivity index (χ0v) is 18.7. The third-order valence-electron chi connectivity index (χ3n) is 6.42. The molecule has 2 atom stereocenters. The Morgan fingerprint density at radius 2 is 2.00 bits per heavy atom. The van der Waals surface area contributed by atoms with E-state index in [1.807, 2.05) is 0 Å². The lowest BCUT2D eigenvalue weighted by atomic mass is 9.86. The lowest BCUT2D eigenvalue weighted by Gasteiger charge is -2.37. The summed E-state index contributed by atoms with van der Waals surface area (Å²) in [6.07, 6.45) is 5.75. The molecule has 0 bridgehead atoms. The van der Waals surface area contributed by atoms with E-state index in [0.717, 1.165) is 25.7 Å². The van der Waals surface area contributed by atoms with Gasteiger partial charge in [0.15, 0.2) is 0 Å². The summed E-state index contributed by atoms with van der Waals surface area (Å²) in [5.74, 6) is -1.92. The lowest BCUT2D eigenvalue weighted by molar-refractivity contribution is -0.385. The number of ketones is 1. The van der Waals surface area contributed by atoms with Crippen molar-refractivity contribution in [3.8, 4) is 0 Å². The number of hydrogen-bond acceptors (Lipinski definition) is 6.